The second-order valence-corrected chi connectivity index (χ2v) is 7.02. The number of nitrogens with zero attached hydrogens (tertiary/aromatic N) is 2. The van der Waals surface area contributed by atoms with Gasteiger partial charge in [0, 0.05) is 25.0 Å². The Labute approximate surface area is 152 Å². The molecule has 0 spiro atoms. The molecule has 2 aromatic rings. The quantitative estimate of drug-likeness (QED) is 0.913. The van der Waals surface area contributed by atoms with Crippen LogP contribution in [0.1, 0.15) is 46.6 Å². The maximum absolute atomic E-state index is 12.9. The molecule has 1 aliphatic carbocycles. The van der Waals surface area contributed by atoms with Crippen molar-refractivity contribution in [3.05, 3.63) is 63.3 Å². The van der Waals surface area contributed by atoms with Crippen LogP contribution in [-0.2, 0) is 24.2 Å². The summed E-state index contributed by atoms with van der Waals surface area (Å²) in [5, 5.41) is 0. The zero-order valence-electron chi connectivity index (χ0n) is 14.7. The Balaban J connectivity index is 1.43. The van der Waals surface area contributed by atoms with Gasteiger partial charge in [0.15, 0.2) is 0 Å². The third-order valence-electron chi connectivity index (χ3n) is 5.18. The van der Waals surface area contributed by atoms with Crippen LogP contribution in [0.5, 0.6) is 0 Å². The van der Waals surface area contributed by atoms with Gasteiger partial charge in [-0.25, -0.2) is 0 Å². The standard InChI is InChI=1S/C20H23N3O3/c24-19-17(11-14-5-3-8-18(14)22-19)20(25)23-10-4-7-16(12-23)26-13-15-6-1-2-9-21-15/h1-2,6,9,11,16H,3-5,7-8,10,12-13H2,(H,22,24)/t16-/m0/s1. The number of fused-ring (bicyclic) bond motifs is 1. The summed E-state index contributed by atoms with van der Waals surface area (Å²) in [7, 11) is 0. The summed E-state index contributed by atoms with van der Waals surface area (Å²) in [6.45, 7) is 1.62. The smallest absolute Gasteiger partial charge is 0.261 e. The van der Waals surface area contributed by atoms with E-state index in [0.717, 1.165) is 49.1 Å². The Hall–Kier alpha value is -2.47. The van der Waals surface area contributed by atoms with E-state index >= 15 is 0 Å². The number of aromatic amines is 1. The first-order valence-corrected chi connectivity index (χ1v) is 9.26. The number of carbonyl (C=O) groups excluding carboxylic acids is 1. The van der Waals surface area contributed by atoms with Crippen LogP contribution in [0.3, 0.4) is 0 Å². The van der Waals surface area contributed by atoms with Crippen LogP contribution in [-0.4, -0.2) is 40.0 Å². The van der Waals surface area contributed by atoms with E-state index in [1.807, 2.05) is 18.2 Å². The van der Waals surface area contributed by atoms with Crippen molar-refractivity contribution in [3.63, 3.8) is 0 Å². The lowest BCUT2D eigenvalue weighted by molar-refractivity contribution is -0.00790. The number of H-pyrrole nitrogens is 1. The van der Waals surface area contributed by atoms with E-state index in [2.05, 4.69) is 9.97 Å². The average molecular weight is 353 g/mol. The number of nitrogens with one attached hydrogen (secondary N) is 1. The molecule has 1 N–H and O–H groups in total. The molecule has 6 nitrogen and oxygen atoms in total. The summed E-state index contributed by atoms with van der Waals surface area (Å²) in [5.41, 5.74) is 2.96. The summed E-state index contributed by atoms with van der Waals surface area (Å²) < 4.78 is 5.95. The number of carbonyl (C=O) groups is 1. The van der Waals surface area contributed by atoms with Crippen LogP contribution in [0.2, 0.25) is 0 Å². The van der Waals surface area contributed by atoms with E-state index in [-0.39, 0.29) is 23.1 Å². The lowest BCUT2D eigenvalue weighted by Gasteiger charge is -2.32. The molecule has 136 valence electrons. The van der Waals surface area contributed by atoms with E-state index < -0.39 is 0 Å². The number of pyridine rings is 2. The molecule has 0 aromatic carbocycles. The van der Waals surface area contributed by atoms with Crippen molar-refractivity contribution < 1.29 is 9.53 Å². The van der Waals surface area contributed by atoms with Gasteiger partial charge in [0.25, 0.3) is 11.5 Å². The second kappa shape index (κ2) is 7.41. The first kappa shape index (κ1) is 17.0. The number of hydrogen-bond acceptors (Lipinski definition) is 4. The number of ether oxygens (including phenoxy) is 1. The van der Waals surface area contributed by atoms with E-state index in [1.165, 1.54) is 0 Å². The summed E-state index contributed by atoms with van der Waals surface area (Å²) in [6, 6.07) is 7.53. The molecule has 1 atom stereocenters. The summed E-state index contributed by atoms with van der Waals surface area (Å²) >= 11 is 0. The SMILES string of the molecule is O=C(c1cc2c([nH]c1=O)CCC2)N1CCC[C@H](OCc2ccccn2)C1. The summed E-state index contributed by atoms with van der Waals surface area (Å²) in [4.78, 5) is 34.1. The van der Waals surface area contributed by atoms with Gasteiger partial charge in [0.05, 0.1) is 18.4 Å². The Morgan fingerprint density at radius 3 is 3.08 bits per heavy atom. The number of rotatable bonds is 4. The first-order chi connectivity index (χ1) is 12.7. The predicted octanol–water partition coefficient (Wildman–Crippen LogP) is 2.08. The number of likely N-dealkylation sites (tertiary alicyclic amines) is 1. The Morgan fingerprint density at radius 1 is 1.31 bits per heavy atom. The van der Waals surface area contributed by atoms with Gasteiger partial charge in [0.2, 0.25) is 0 Å². The van der Waals surface area contributed by atoms with Crippen molar-refractivity contribution in [2.24, 2.45) is 0 Å². The fourth-order valence-electron chi connectivity index (χ4n) is 3.79. The minimum Gasteiger partial charge on any atom is -0.370 e. The Morgan fingerprint density at radius 2 is 2.23 bits per heavy atom. The van der Waals surface area contributed by atoms with Crippen LogP contribution in [0.25, 0.3) is 0 Å². The van der Waals surface area contributed by atoms with Gasteiger partial charge in [-0.15, -0.1) is 0 Å². The molecule has 6 heteroatoms. The third-order valence-corrected chi connectivity index (χ3v) is 5.18. The van der Waals surface area contributed by atoms with Crippen LogP contribution in [0.4, 0.5) is 0 Å². The number of amides is 1. The van der Waals surface area contributed by atoms with Crippen molar-refractivity contribution in [1.29, 1.82) is 0 Å². The maximum atomic E-state index is 12.9. The van der Waals surface area contributed by atoms with Gasteiger partial charge in [-0.3, -0.25) is 14.6 Å². The highest BCUT2D eigenvalue weighted by Gasteiger charge is 2.27. The third kappa shape index (κ3) is 3.55. The molecule has 2 aliphatic rings. The van der Waals surface area contributed by atoms with Gasteiger partial charge < -0.3 is 14.6 Å². The average Bonchev–Trinajstić information content (AvgIpc) is 3.13. The molecule has 26 heavy (non-hydrogen) atoms. The topological polar surface area (TPSA) is 75.3 Å². The molecule has 0 bridgehead atoms. The minimum atomic E-state index is -0.271. The lowest BCUT2D eigenvalue weighted by Crippen LogP contribution is -2.44. The maximum Gasteiger partial charge on any atom is 0.261 e. The van der Waals surface area contributed by atoms with E-state index in [4.69, 9.17) is 4.74 Å². The molecule has 1 aliphatic heterocycles. The predicted molar refractivity (Wildman–Crippen MR) is 97.0 cm³/mol. The highest BCUT2D eigenvalue weighted by molar-refractivity contribution is 5.94. The fraction of sp³-hybridized carbons (Fsp3) is 0.450. The molecule has 1 fully saturated rings. The van der Waals surface area contributed by atoms with E-state index in [9.17, 15) is 9.59 Å². The molecular formula is C20H23N3O3. The van der Waals surface area contributed by atoms with Crippen molar-refractivity contribution in [3.8, 4) is 0 Å². The number of hydrogen-bond donors (Lipinski definition) is 1. The Bertz CT molecular complexity index is 847. The number of aryl methyl sites for hydroxylation is 2. The van der Waals surface area contributed by atoms with E-state index in [1.54, 1.807) is 17.2 Å². The molecule has 2 aromatic heterocycles. The van der Waals surface area contributed by atoms with Crippen LogP contribution in [0.15, 0.2) is 35.3 Å². The van der Waals surface area contributed by atoms with Gasteiger partial charge in [-0.1, -0.05) is 6.07 Å². The summed E-state index contributed by atoms with van der Waals surface area (Å²) in [5.74, 6) is -0.188. The van der Waals surface area contributed by atoms with Crippen LogP contribution < -0.4 is 5.56 Å². The van der Waals surface area contributed by atoms with Gasteiger partial charge in [-0.2, -0.15) is 0 Å². The number of piperidine rings is 1. The highest BCUT2D eigenvalue weighted by Crippen LogP contribution is 2.21. The monoisotopic (exact) mass is 353 g/mol. The van der Waals surface area contributed by atoms with Crippen molar-refractivity contribution in [2.75, 3.05) is 13.1 Å². The highest BCUT2D eigenvalue weighted by atomic mass is 16.5. The van der Waals surface area contributed by atoms with Gasteiger partial charge >= 0.3 is 0 Å². The Kier molecular flexibility index (Phi) is 4.84. The molecule has 0 radical (unpaired) electrons. The largest absolute Gasteiger partial charge is 0.370 e. The molecule has 0 unspecified atom stereocenters. The first-order valence-electron chi connectivity index (χ1n) is 9.26. The second-order valence-electron chi connectivity index (χ2n) is 7.02. The lowest BCUT2D eigenvalue weighted by atomic mass is 10.1. The molecular weight excluding hydrogens is 330 g/mol. The zero-order chi connectivity index (χ0) is 17.9. The normalized spacial score (nSPS) is 19.4. The van der Waals surface area contributed by atoms with Crippen LogP contribution in [0, 0.1) is 0 Å². The van der Waals surface area contributed by atoms with Gasteiger partial charge in [-0.05, 0) is 55.9 Å². The molecule has 3 heterocycles. The number of aromatic nitrogens is 2. The zero-order valence-corrected chi connectivity index (χ0v) is 14.7. The molecule has 4 rings (SSSR count). The van der Waals surface area contributed by atoms with Crippen LogP contribution >= 0.6 is 0 Å². The molecule has 1 saturated heterocycles. The minimum absolute atomic E-state index is 0.0248. The van der Waals surface area contributed by atoms with Gasteiger partial charge in [0.1, 0.15) is 5.56 Å². The molecule has 0 saturated carbocycles. The van der Waals surface area contributed by atoms with Crippen molar-refractivity contribution in [1.82, 2.24) is 14.9 Å². The van der Waals surface area contributed by atoms with Crippen molar-refractivity contribution >= 4 is 5.91 Å². The fourth-order valence-corrected chi connectivity index (χ4v) is 3.79. The van der Waals surface area contributed by atoms with Crippen molar-refractivity contribution in [2.45, 2.75) is 44.8 Å². The molecule has 1 amide bonds. The van der Waals surface area contributed by atoms with E-state index in [0.29, 0.717) is 19.7 Å². The summed E-state index contributed by atoms with van der Waals surface area (Å²) in [6.07, 6.45) is 6.38.